The number of para-hydroxylation sites is 1. The van der Waals surface area contributed by atoms with Gasteiger partial charge in [0.2, 0.25) is 0 Å². The summed E-state index contributed by atoms with van der Waals surface area (Å²) in [7, 11) is 0. The number of aliphatic hydroxyl groups excluding tert-OH is 2. The minimum Gasteiger partial charge on any atom is -0.460 e. The van der Waals surface area contributed by atoms with Gasteiger partial charge in [0.15, 0.2) is 5.78 Å². The van der Waals surface area contributed by atoms with Gasteiger partial charge in [0.05, 0.1) is 19.3 Å². The maximum Gasteiger partial charge on any atom is 0.178 e. The van der Waals surface area contributed by atoms with Crippen molar-refractivity contribution in [1.29, 1.82) is 0 Å². The fourth-order valence-electron chi connectivity index (χ4n) is 10.00. The van der Waals surface area contributed by atoms with Gasteiger partial charge < -0.3 is 19.7 Å². The molecule has 3 N–H and O–H groups in total. The molecule has 1 aliphatic heterocycles. The summed E-state index contributed by atoms with van der Waals surface area (Å²) >= 11 is 0. The Morgan fingerprint density at radius 3 is 2.79 bits per heavy atom. The molecule has 7 nitrogen and oxygen atoms in total. The molecule has 0 bridgehead atoms. The molecule has 0 radical (unpaired) electrons. The fourth-order valence-corrected chi connectivity index (χ4v) is 10.00. The highest BCUT2D eigenvalue weighted by molar-refractivity contribution is 6.01. The predicted molar refractivity (Wildman–Crippen MR) is 145 cm³/mol. The zero-order valence-corrected chi connectivity index (χ0v) is 23.0. The Morgan fingerprint density at radius 2 is 2.03 bits per heavy atom. The van der Waals surface area contributed by atoms with E-state index in [0.717, 1.165) is 41.6 Å². The molecule has 0 spiro atoms. The van der Waals surface area contributed by atoms with Crippen LogP contribution in [0.25, 0.3) is 11.0 Å². The van der Waals surface area contributed by atoms with E-state index in [0.29, 0.717) is 19.5 Å². The van der Waals surface area contributed by atoms with Crippen LogP contribution in [-0.2, 0) is 16.2 Å². The predicted octanol–water partition coefficient (Wildman–Crippen LogP) is 4.17. The molecule has 208 valence electrons. The van der Waals surface area contributed by atoms with Crippen molar-refractivity contribution < 1.29 is 29.4 Å². The van der Waals surface area contributed by atoms with Crippen LogP contribution in [0.15, 0.2) is 58.6 Å². The average molecular weight is 534 g/mol. The summed E-state index contributed by atoms with van der Waals surface area (Å²) in [5.41, 5.74) is -1.50. The molecule has 4 fully saturated rings. The van der Waals surface area contributed by atoms with E-state index in [1.807, 2.05) is 41.5 Å². The lowest BCUT2D eigenvalue weighted by molar-refractivity contribution is -0.320. The molecule has 5 aliphatic rings. The molecule has 4 aliphatic carbocycles. The van der Waals surface area contributed by atoms with E-state index in [9.17, 15) is 20.1 Å². The molecule has 9 atom stereocenters. The van der Waals surface area contributed by atoms with Crippen molar-refractivity contribution in [3.05, 3.63) is 59.9 Å². The Balaban J connectivity index is 1.24. The van der Waals surface area contributed by atoms with Gasteiger partial charge in [-0.05, 0) is 68.7 Å². The maximum absolute atomic E-state index is 12.2. The minimum absolute atomic E-state index is 0.00142. The molecule has 7 rings (SSSR count). The number of furan rings is 1. The van der Waals surface area contributed by atoms with Crippen LogP contribution in [0.1, 0.15) is 52.2 Å². The maximum atomic E-state index is 12.2. The van der Waals surface area contributed by atoms with Crippen molar-refractivity contribution in [3.63, 3.8) is 0 Å². The number of aliphatic hydroxyl groups is 3. The summed E-state index contributed by atoms with van der Waals surface area (Å²) in [6.07, 6.45) is 7.89. The second-order valence-electron chi connectivity index (χ2n) is 13.5. The number of carbonyl (C=O) groups excluding carboxylic acids is 1. The molecule has 1 aromatic carbocycles. The van der Waals surface area contributed by atoms with Gasteiger partial charge in [0.1, 0.15) is 22.5 Å². The summed E-state index contributed by atoms with van der Waals surface area (Å²) in [5.74, 6) is 1.25. The van der Waals surface area contributed by atoms with E-state index in [2.05, 4.69) is 13.8 Å². The quantitative estimate of drug-likeness (QED) is 0.542. The molecule has 1 saturated heterocycles. The lowest BCUT2D eigenvalue weighted by Gasteiger charge is -2.61. The summed E-state index contributed by atoms with van der Waals surface area (Å²) < 4.78 is 6.08. The summed E-state index contributed by atoms with van der Waals surface area (Å²) in [6, 6.07) is 9.94. The van der Waals surface area contributed by atoms with Gasteiger partial charge in [0, 0.05) is 34.6 Å². The highest BCUT2D eigenvalue weighted by Gasteiger charge is 2.77. The second-order valence-corrected chi connectivity index (χ2v) is 13.5. The monoisotopic (exact) mass is 533 g/mol. The smallest absolute Gasteiger partial charge is 0.178 e. The van der Waals surface area contributed by atoms with E-state index in [1.54, 1.807) is 19.1 Å². The Hall–Kier alpha value is -2.29. The number of nitrogens with zero attached hydrogens (tertiary/aromatic N) is 1. The van der Waals surface area contributed by atoms with Gasteiger partial charge >= 0.3 is 0 Å². The first-order valence-electron chi connectivity index (χ1n) is 14.4. The van der Waals surface area contributed by atoms with Crippen molar-refractivity contribution in [2.75, 3.05) is 13.2 Å². The van der Waals surface area contributed by atoms with Crippen LogP contribution in [0.5, 0.6) is 0 Å². The molecule has 2 aromatic rings. The largest absolute Gasteiger partial charge is 0.460 e. The van der Waals surface area contributed by atoms with Gasteiger partial charge in [0.25, 0.3) is 0 Å². The zero-order chi connectivity index (χ0) is 27.4. The van der Waals surface area contributed by atoms with Crippen LogP contribution in [0.4, 0.5) is 0 Å². The van der Waals surface area contributed by atoms with Crippen LogP contribution in [0.2, 0.25) is 0 Å². The van der Waals surface area contributed by atoms with E-state index in [1.165, 1.54) is 0 Å². The third kappa shape index (κ3) is 3.31. The average Bonchev–Trinajstić information content (AvgIpc) is 3.54. The SMILES string of the molecule is C[C@]12C=CC(=O)C=C1CC[C@@H]1[C@@H]2[C@@H](O)C[C@@]2(C)[C@H]1C[C@H]1CN(Cc3cc4ccccc4o3)O[C@]12[C@@](C)(O)CO. The number of allylic oxidation sites excluding steroid dienone is 4. The number of carbonyl (C=O) groups is 1. The highest BCUT2D eigenvalue weighted by Crippen LogP contribution is 2.72. The highest BCUT2D eigenvalue weighted by atomic mass is 16.7. The number of rotatable bonds is 4. The minimum atomic E-state index is -1.50. The van der Waals surface area contributed by atoms with Crippen LogP contribution in [0.3, 0.4) is 0 Å². The Bertz CT molecular complexity index is 1360. The van der Waals surface area contributed by atoms with E-state index >= 15 is 0 Å². The first-order chi connectivity index (χ1) is 18.5. The number of benzene rings is 1. The molecular formula is C32H39NO6. The van der Waals surface area contributed by atoms with E-state index in [-0.39, 0.29) is 34.9 Å². The number of ketones is 1. The summed E-state index contributed by atoms with van der Waals surface area (Å²) in [4.78, 5) is 19.0. The van der Waals surface area contributed by atoms with Crippen LogP contribution in [0, 0.1) is 34.5 Å². The van der Waals surface area contributed by atoms with Gasteiger partial charge in [-0.1, -0.05) is 43.7 Å². The summed E-state index contributed by atoms with van der Waals surface area (Å²) in [5, 5.41) is 37.2. The Morgan fingerprint density at radius 1 is 1.23 bits per heavy atom. The number of fused-ring (bicyclic) bond motifs is 8. The van der Waals surface area contributed by atoms with E-state index < -0.39 is 29.3 Å². The second kappa shape index (κ2) is 8.37. The Labute approximate surface area is 229 Å². The molecular weight excluding hydrogens is 494 g/mol. The fraction of sp³-hybridized carbons (Fsp3) is 0.594. The number of hydroxylamine groups is 2. The van der Waals surface area contributed by atoms with Gasteiger partial charge in [-0.2, -0.15) is 5.06 Å². The van der Waals surface area contributed by atoms with Gasteiger partial charge in [-0.25, -0.2) is 0 Å². The molecule has 3 saturated carbocycles. The topological polar surface area (TPSA) is 103 Å². The van der Waals surface area contributed by atoms with Crippen LogP contribution >= 0.6 is 0 Å². The van der Waals surface area contributed by atoms with Crippen molar-refractivity contribution in [2.24, 2.45) is 34.5 Å². The van der Waals surface area contributed by atoms with Gasteiger partial charge in [-0.3, -0.25) is 9.63 Å². The zero-order valence-electron chi connectivity index (χ0n) is 23.0. The molecule has 0 amide bonds. The first-order valence-corrected chi connectivity index (χ1v) is 14.4. The Kier molecular flexibility index (Phi) is 5.51. The van der Waals surface area contributed by atoms with Crippen molar-refractivity contribution in [1.82, 2.24) is 5.06 Å². The summed E-state index contributed by atoms with van der Waals surface area (Å²) in [6.45, 7) is 6.66. The van der Waals surface area contributed by atoms with Crippen molar-refractivity contribution in [3.8, 4) is 0 Å². The lowest BCUT2D eigenvalue weighted by Crippen LogP contribution is -2.68. The molecule has 1 aromatic heterocycles. The number of hydrogen-bond acceptors (Lipinski definition) is 7. The van der Waals surface area contributed by atoms with Gasteiger partial charge in [-0.15, -0.1) is 0 Å². The molecule has 7 heteroatoms. The van der Waals surface area contributed by atoms with Crippen LogP contribution < -0.4 is 0 Å². The lowest BCUT2D eigenvalue weighted by atomic mass is 9.45. The van der Waals surface area contributed by atoms with E-state index in [4.69, 9.17) is 9.25 Å². The van der Waals surface area contributed by atoms with Crippen molar-refractivity contribution >= 4 is 16.8 Å². The molecule has 0 unspecified atom stereocenters. The first kappa shape index (κ1) is 25.7. The number of hydrogen-bond donors (Lipinski definition) is 3. The third-order valence-electron chi connectivity index (χ3n) is 11.5. The normalized spacial score (nSPS) is 43.0. The molecule has 2 heterocycles. The standard InChI is InChI=1S/C32H39NO6/c1-29-11-10-22(35)13-20(29)8-9-24-25-14-21-16-33(17-23-12-19-6-4-5-7-27(19)38-23)39-32(21,31(3,37)18-34)30(25,2)15-26(36)28(24)29/h4-7,10-13,21,24-26,28,34,36-37H,8-9,14-18H2,1-3H3/t21-,24-,25-,26-,28+,29-,30-,31-,32+/m0/s1. The molecule has 39 heavy (non-hydrogen) atoms. The third-order valence-corrected chi connectivity index (χ3v) is 11.5. The van der Waals surface area contributed by atoms with Crippen molar-refractivity contribution in [2.45, 2.75) is 70.3 Å². The van der Waals surface area contributed by atoms with Crippen LogP contribution in [-0.4, -0.2) is 56.6 Å².